The van der Waals surface area contributed by atoms with Crippen LogP contribution in [0.3, 0.4) is 0 Å². The molecule has 1 N–H and O–H groups in total. The number of aliphatic hydroxyl groups is 1. The standard InChI is InChI=1S/C17H19NO2/c19-16(10-12-20-14-6-2-1-3-7-14)15-9-8-13-5-4-11-18-17(13)15/h1-7,11,15-16,19H,8-10,12H2. The van der Waals surface area contributed by atoms with E-state index in [9.17, 15) is 5.11 Å². The second-order valence-corrected chi connectivity index (χ2v) is 5.21. The molecule has 3 nitrogen and oxygen atoms in total. The van der Waals surface area contributed by atoms with E-state index in [-0.39, 0.29) is 12.0 Å². The molecule has 1 aromatic carbocycles. The Bertz CT molecular complexity index is 556. The van der Waals surface area contributed by atoms with Gasteiger partial charge in [-0.1, -0.05) is 24.3 Å². The number of nitrogens with zero attached hydrogens (tertiary/aromatic N) is 1. The molecule has 2 atom stereocenters. The van der Waals surface area contributed by atoms with E-state index in [0.717, 1.165) is 24.3 Å². The van der Waals surface area contributed by atoms with Gasteiger partial charge in [-0.15, -0.1) is 0 Å². The minimum absolute atomic E-state index is 0.158. The highest BCUT2D eigenvalue weighted by atomic mass is 16.5. The number of hydrogen-bond acceptors (Lipinski definition) is 3. The summed E-state index contributed by atoms with van der Waals surface area (Å²) in [5, 5.41) is 10.4. The van der Waals surface area contributed by atoms with E-state index in [2.05, 4.69) is 11.1 Å². The monoisotopic (exact) mass is 269 g/mol. The van der Waals surface area contributed by atoms with Crippen LogP contribution in [0.4, 0.5) is 0 Å². The minimum Gasteiger partial charge on any atom is -0.493 e. The highest BCUT2D eigenvalue weighted by molar-refractivity contribution is 5.29. The lowest BCUT2D eigenvalue weighted by Gasteiger charge is -2.18. The molecule has 0 radical (unpaired) electrons. The van der Waals surface area contributed by atoms with Gasteiger partial charge in [-0.05, 0) is 36.6 Å². The summed E-state index contributed by atoms with van der Waals surface area (Å²) < 4.78 is 5.64. The molecule has 0 saturated heterocycles. The van der Waals surface area contributed by atoms with Crippen molar-refractivity contribution in [3.8, 4) is 5.75 Å². The van der Waals surface area contributed by atoms with Crippen LogP contribution in [0.2, 0.25) is 0 Å². The molecular weight excluding hydrogens is 250 g/mol. The fourth-order valence-electron chi connectivity index (χ4n) is 2.83. The lowest BCUT2D eigenvalue weighted by molar-refractivity contribution is 0.111. The van der Waals surface area contributed by atoms with E-state index in [0.29, 0.717) is 13.0 Å². The van der Waals surface area contributed by atoms with Crippen molar-refractivity contribution in [1.29, 1.82) is 0 Å². The van der Waals surface area contributed by atoms with Crippen molar-refractivity contribution in [1.82, 2.24) is 4.98 Å². The highest BCUT2D eigenvalue weighted by Gasteiger charge is 2.29. The van der Waals surface area contributed by atoms with Crippen LogP contribution in [0, 0.1) is 0 Å². The van der Waals surface area contributed by atoms with Crippen molar-refractivity contribution >= 4 is 0 Å². The van der Waals surface area contributed by atoms with Crippen LogP contribution >= 0.6 is 0 Å². The van der Waals surface area contributed by atoms with Crippen LogP contribution in [0.15, 0.2) is 48.7 Å². The first kappa shape index (κ1) is 13.1. The smallest absolute Gasteiger partial charge is 0.119 e. The maximum absolute atomic E-state index is 10.4. The van der Waals surface area contributed by atoms with Crippen LogP contribution < -0.4 is 4.74 Å². The van der Waals surface area contributed by atoms with Gasteiger partial charge in [0.05, 0.1) is 12.7 Å². The fraction of sp³-hybridized carbons (Fsp3) is 0.353. The van der Waals surface area contributed by atoms with Gasteiger partial charge in [0.25, 0.3) is 0 Å². The van der Waals surface area contributed by atoms with Gasteiger partial charge in [-0.3, -0.25) is 4.98 Å². The van der Waals surface area contributed by atoms with Gasteiger partial charge in [-0.2, -0.15) is 0 Å². The van der Waals surface area contributed by atoms with Gasteiger partial charge >= 0.3 is 0 Å². The van der Waals surface area contributed by atoms with Crippen molar-refractivity contribution in [2.24, 2.45) is 0 Å². The Morgan fingerprint density at radius 3 is 2.90 bits per heavy atom. The number of hydrogen-bond donors (Lipinski definition) is 1. The number of aromatic nitrogens is 1. The Morgan fingerprint density at radius 2 is 2.05 bits per heavy atom. The average Bonchev–Trinajstić information content (AvgIpc) is 2.92. The molecule has 20 heavy (non-hydrogen) atoms. The molecular formula is C17H19NO2. The SMILES string of the molecule is OC(CCOc1ccccc1)C1CCc2cccnc21. The number of ether oxygens (including phenoxy) is 1. The molecule has 1 heterocycles. The molecule has 3 heteroatoms. The van der Waals surface area contributed by atoms with Crippen LogP contribution in [0.25, 0.3) is 0 Å². The van der Waals surface area contributed by atoms with Gasteiger partial charge < -0.3 is 9.84 Å². The molecule has 2 aromatic rings. The zero-order valence-corrected chi connectivity index (χ0v) is 11.4. The van der Waals surface area contributed by atoms with Gasteiger partial charge in [0.2, 0.25) is 0 Å². The summed E-state index contributed by atoms with van der Waals surface area (Å²) in [5.41, 5.74) is 2.35. The summed E-state index contributed by atoms with van der Waals surface area (Å²) in [6, 6.07) is 13.8. The van der Waals surface area contributed by atoms with Crippen molar-refractivity contribution in [2.75, 3.05) is 6.61 Å². The summed E-state index contributed by atoms with van der Waals surface area (Å²) in [6.45, 7) is 0.532. The number of aryl methyl sites for hydroxylation is 1. The Balaban J connectivity index is 1.54. The predicted octanol–water partition coefficient (Wildman–Crippen LogP) is 2.94. The summed E-state index contributed by atoms with van der Waals surface area (Å²) >= 11 is 0. The van der Waals surface area contributed by atoms with E-state index in [4.69, 9.17) is 4.74 Å². The molecule has 0 amide bonds. The second kappa shape index (κ2) is 6.06. The molecule has 0 saturated carbocycles. The van der Waals surface area contributed by atoms with Crippen LogP contribution in [0.1, 0.15) is 30.0 Å². The zero-order chi connectivity index (χ0) is 13.8. The van der Waals surface area contributed by atoms with E-state index in [1.807, 2.05) is 42.6 Å². The predicted molar refractivity (Wildman–Crippen MR) is 77.9 cm³/mol. The van der Waals surface area contributed by atoms with Gasteiger partial charge in [0.15, 0.2) is 0 Å². The normalized spacial score (nSPS) is 18.6. The first-order valence-corrected chi connectivity index (χ1v) is 7.14. The van der Waals surface area contributed by atoms with Crippen LogP contribution in [-0.4, -0.2) is 22.8 Å². The molecule has 0 fully saturated rings. The molecule has 0 bridgehead atoms. The lowest BCUT2D eigenvalue weighted by Crippen LogP contribution is -2.20. The Hall–Kier alpha value is -1.87. The van der Waals surface area contributed by atoms with Gasteiger partial charge in [0, 0.05) is 24.2 Å². The number of pyridine rings is 1. The number of rotatable bonds is 5. The number of fused-ring (bicyclic) bond motifs is 1. The number of benzene rings is 1. The van der Waals surface area contributed by atoms with E-state index < -0.39 is 0 Å². The summed E-state index contributed by atoms with van der Waals surface area (Å²) in [4.78, 5) is 4.43. The fourth-order valence-corrected chi connectivity index (χ4v) is 2.83. The molecule has 3 rings (SSSR count). The van der Waals surface area contributed by atoms with Crippen molar-refractivity contribution in [3.63, 3.8) is 0 Å². The second-order valence-electron chi connectivity index (χ2n) is 5.21. The molecule has 1 aromatic heterocycles. The Morgan fingerprint density at radius 1 is 1.20 bits per heavy atom. The Kier molecular flexibility index (Phi) is 3.97. The Labute approximate surface area is 119 Å². The molecule has 104 valence electrons. The first-order valence-electron chi connectivity index (χ1n) is 7.14. The largest absolute Gasteiger partial charge is 0.493 e. The van der Waals surface area contributed by atoms with Gasteiger partial charge in [0.1, 0.15) is 5.75 Å². The quantitative estimate of drug-likeness (QED) is 0.907. The number of para-hydroxylation sites is 1. The first-order chi connectivity index (χ1) is 9.84. The third-order valence-electron chi connectivity index (χ3n) is 3.89. The molecule has 1 aliphatic rings. The molecule has 0 spiro atoms. The van der Waals surface area contributed by atoms with E-state index in [1.54, 1.807) is 0 Å². The van der Waals surface area contributed by atoms with Crippen molar-refractivity contribution in [3.05, 3.63) is 59.9 Å². The lowest BCUT2D eigenvalue weighted by atomic mass is 9.97. The number of aliphatic hydroxyl groups excluding tert-OH is 1. The van der Waals surface area contributed by atoms with Gasteiger partial charge in [-0.25, -0.2) is 0 Å². The molecule has 0 aliphatic heterocycles. The molecule has 1 aliphatic carbocycles. The van der Waals surface area contributed by atoms with E-state index in [1.165, 1.54) is 5.56 Å². The molecule has 2 unspecified atom stereocenters. The zero-order valence-electron chi connectivity index (χ0n) is 11.4. The van der Waals surface area contributed by atoms with E-state index >= 15 is 0 Å². The summed E-state index contributed by atoms with van der Waals surface area (Å²) in [7, 11) is 0. The maximum atomic E-state index is 10.4. The van der Waals surface area contributed by atoms with Crippen molar-refractivity contribution in [2.45, 2.75) is 31.3 Å². The highest BCUT2D eigenvalue weighted by Crippen LogP contribution is 2.34. The maximum Gasteiger partial charge on any atom is 0.119 e. The third kappa shape index (κ3) is 2.83. The minimum atomic E-state index is -0.380. The van der Waals surface area contributed by atoms with Crippen molar-refractivity contribution < 1.29 is 9.84 Å². The third-order valence-corrected chi connectivity index (χ3v) is 3.89. The summed E-state index contributed by atoms with van der Waals surface area (Å²) in [6.07, 6.45) is 4.07. The van der Waals surface area contributed by atoms with Crippen LogP contribution in [0.5, 0.6) is 5.75 Å². The topological polar surface area (TPSA) is 42.4 Å². The average molecular weight is 269 g/mol. The summed E-state index contributed by atoms with van der Waals surface area (Å²) in [5.74, 6) is 1.01. The van der Waals surface area contributed by atoms with Crippen LogP contribution in [-0.2, 0) is 6.42 Å².